The van der Waals surface area contributed by atoms with Gasteiger partial charge >= 0.3 is 5.97 Å². The Labute approximate surface area is 170 Å². The van der Waals surface area contributed by atoms with Crippen LogP contribution in [0.15, 0.2) is 18.2 Å². The second-order valence-corrected chi connectivity index (χ2v) is 7.52. The molecule has 158 valence electrons. The average molecular weight is 392 g/mol. The minimum Gasteiger partial charge on any atom is -0.486 e. The predicted octanol–water partition coefficient (Wildman–Crippen LogP) is 5.18. The van der Waals surface area contributed by atoms with Gasteiger partial charge in [0.2, 0.25) is 0 Å². The van der Waals surface area contributed by atoms with E-state index in [1.807, 2.05) is 25.2 Å². The van der Waals surface area contributed by atoms with Gasteiger partial charge in [0.1, 0.15) is 19.3 Å². The lowest BCUT2D eigenvalue weighted by Gasteiger charge is -2.22. The first-order valence-electron chi connectivity index (χ1n) is 11.0. The Balaban J connectivity index is 1.69. The van der Waals surface area contributed by atoms with Gasteiger partial charge in [-0.1, -0.05) is 64.4 Å². The third kappa shape index (κ3) is 8.09. The van der Waals surface area contributed by atoms with Crippen LogP contribution in [0.1, 0.15) is 82.8 Å². The molecule has 0 amide bonds. The fourth-order valence-electron chi connectivity index (χ4n) is 3.47. The lowest BCUT2D eigenvalue weighted by atomic mass is 10.1. The summed E-state index contributed by atoms with van der Waals surface area (Å²) in [4.78, 5) is 12.3. The molecule has 0 bridgehead atoms. The monoisotopic (exact) mass is 391 g/mol. The van der Waals surface area contributed by atoms with Gasteiger partial charge in [-0.15, -0.1) is 0 Å². The first-order valence-corrected chi connectivity index (χ1v) is 11.0. The molecule has 2 rings (SSSR count). The predicted molar refractivity (Wildman–Crippen MR) is 112 cm³/mol. The molecule has 1 heterocycles. The second kappa shape index (κ2) is 13.4. The average Bonchev–Trinajstić information content (AvgIpc) is 2.72. The van der Waals surface area contributed by atoms with Crippen LogP contribution in [0.4, 0.5) is 0 Å². The number of carbonyl (C=O) groups excluding carboxylic acids is 1. The normalized spacial score (nSPS) is 13.9. The van der Waals surface area contributed by atoms with Crippen molar-refractivity contribution in [3.63, 3.8) is 0 Å². The highest BCUT2D eigenvalue weighted by atomic mass is 16.6. The summed E-state index contributed by atoms with van der Waals surface area (Å²) in [7, 11) is 1.86. The molecule has 1 atom stereocenters. The molecule has 1 N–H and O–H groups in total. The van der Waals surface area contributed by atoms with E-state index in [2.05, 4.69) is 12.2 Å². The molecule has 0 fully saturated rings. The Bertz CT molecular complexity index is 576. The number of unbranched alkanes of at least 4 members (excludes halogenated alkanes) is 8. The summed E-state index contributed by atoms with van der Waals surface area (Å²) in [6, 6.07) is 5.75. The van der Waals surface area contributed by atoms with E-state index in [1.165, 1.54) is 44.9 Å². The van der Waals surface area contributed by atoms with Gasteiger partial charge in [-0.2, -0.15) is 0 Å². The maximum atomic E-state index is 12.3. The number of likely N-dealkylation sites (N-methyl/N-ethyl adjacent to an activating group) is 1. The smallest absolute Gasteiger partial charge is 0.306 e. The molecule has 1 aliphatic heterocycles. The van der Waals surface area contributed by atoms with Crippen LogP contribution in [0.5, 0.6) is 11.5 Å². The van der Waals surface area contributed by atoms with Gasteiger partial charge in [0.15, 0.2) is 11.5 Å². The summed E-state index contributed by atoms with van der Waals surface area (Å²) in [5, 5.41) is 3.11. The summed E-state index contributed by atoms with van der Waals surface area (Å²) < 4.78 is 17.0. The topological polar surface area (TPSA) is 56.8 Å². The number of fused-ring (bicyclic) bond motifs is 1. The quantitative estimate of drug-likeness (QED) is 0.350. The largest absolute Gasteiger partial charge is 0.486 e. The molecule has 28 heavy (non-hydrogen) atoms. The van der Waals surface area contributed by atoms with Crippen LogP contribution in [0, 0.1) is 0 Å². The van der Waals surface area contributed by atoms with Gasteiger partial charge in [0.05, 0.1) is 0 Å². The standard InChI is InChI=1S/C23H37NO4/c1-3-4-5-6-7-8-9-10-11-12-23(25)28-22(18-24-2)19-13-14-20-21(17-19)27-16-15-26-20/h13-14,17,22,24H,3-12,15-16,18H2,1-2H3. The molecule has 0 aromatic heterocycles. The van der Waals surface area contributed by atoms with Crippen LogP contribution in [-0.4, -0.2) is 32.8 Å². The van der Waals surface area contributed by atoms with Crippen LogP contribution in [0.2, 0.25) is 0 Å². The highest BCUT2D eigenvalue weighted by Gasteiger charge is 2.19. The maximum absolute atomic E-state index is 12.3. The van der Waals surface area contributed by atoms with E-state index in [0.29, 0.717) is 26.2 Å². The second-order valence-electron chi connectivity index (χ2n) is 7.52. The Morgan fingerprint density at radius 3 is 2.32 bits per heavy atom. The van der Waals surface area contributed by atoms with Crippen molar-refractivity contribution in [1.29, 1.82) is 0 Å². The van der Waals surface area contributed by atoms with Crippen LogP contribution in [-0.2, 0) is 9.53 Å². The zero-order valence-corrected chi connectivity index (χ0v) is 17.6. The molecule has 0 radical (unpaired) electrons. The van der Waals surface area contributed by atoms with Crippen molar-refractivity contribution in [2.75, 3.05) is 26.8 Å². The van der Waals surface area contributed by atoms with Crippen molar-refractivity contribution in [2.45, 2.75) is 77.2 Å². The number of rotatable bonds is 14. The Morgan fingerprint density at radius 1 is 1.00 bits per heavy atom. The molecular weight excluding hydrogens is 354 g/mol. The first-order chi connectivity index (χ1) is 13.7. The lowest BCUT2D eigenvalue weighted by molar-refractivity contribution is -0.149. The molecule has 0 aliphatic carbocycles. The highest BCUT2D eigenvalue weighted by molar-refractivity contribution is 5.69. The number of hydrogen-bond acceptors (Lipinski definition) is 5. The number of carbonyl (C=O) groups is 1. The van der Waals surface area contributed by atoms with Crippen LogP contribution >= 0.6 is 0 Å². The van der Waals surface area contributed by atoms with Crippen molar-refractivity contribution in [2.24, 2.45) is 0 Å². The molecule has 0 spiro atoms. The van der Waals surface area contributed by atoms with E-state index in [0.717, 1.165) is 29.9 Å². The van der Waals surface area contributed by atoms with Crippen molar-refractivity contribution < 1.29 is 19.0 Å². The number of nitrogens with one attached hydrogen (secondary N) is 1. The molecule has 0 saturated carbocycles. The Kier molecular flexibility index (Phi) is 10.8. The molecule has 5 nitrogen and oxygen atoms in total. The zero-order valence-electron chi connectivity index (χ0n) is 17.6. The van der Waals surface area contributed by atoms with E-state index >= 15 is 0 Å². The first kappa shape index (κ1) is 22.5. The van der Waals surface area contributed by atoms with E-state index < -0.39 is 0 Å². The molecule has 1 aromatic carbocycles. The summed E-state index contributed by atoms with van der Waals surface area (Å²) in [6.07, 6.45) is 11.3. The minimum absolute atomic E-state index is 0.127. The van der Waals surface area contributed by atoms with Gasteiger partial charge in [0, 0.05) is 13.0 Å². The lowest BCUT2D eigenvalue weighted by Crippen LogP contribution is -2.23. The third-order valence-electron chi connectivity index (χ3n) is 5.09. The number of hydrogen-bond donors (Lipinski definition) is 1. The highest BCUT2D eigenvalue weighted by Crippen LogP contribution is 2.33. The molecule has 0 saturated heterocycles. The van der Waals surface area contributed by atoms with Crippen molar-refractivity contribution in [3.05, 3.63) is 23.8 Å². The van der Waals surface area contributed by atoms with Crippen LogP contribution in [0.3, 0.4) is 0 Å². The summed E-state index contributed by atoms with van der Waals surface area (Å²) >= 11 is 0. The third-order valence-corrected chi connectivity index (χ3v) is 5.09. The van der Waals surface area contributed by atoms with Crippen molar-refractivity contribution in [1.82, 2.24) is 5.32 Å². The molecular formula is C23H37NO4. The number of ether oxygens (including phenoxy) is 3. The van der Waals surface area contributed by atoms with Crippen LogP contribution in [0.25, 0.3) is 0 Å². The van der Waals surface area contributed by atoms with E-state index in [1.54, 1.807) is 0 Å². The fourth-order valence-corrected chi connectivity index (χ4v) is 3.47. The fraction of sp³-hybridized carbons (Fsp3) is 0.696. The van der Waals surface area contributed by atoms with Crippen molar-refractivity contribution >= 4 is 5.97 Å². The zero-order chi connectivity index (χ0) is 20.0. The SMILES string of the molecule is CCCCCCCCCCCC(=O)OC(CNC)c1ccc2c(c1)OCCO2. The molecule has 5 heteroatoms. The Morgan fingerprint density at radius 2 is 1.64 bits per heavy atom. The summed E-state index contributed by atoms with van der Waals surface area (Å²) in [6.45, 7) is 3.93. The maximum Gasteiger partial charge on any atom is 0.306 e. The summed E-state index contributed by atoms with van der Waals surface area (Å²) in [5.41, 5.74) is 0.930. The number of benzene rings is 1. The number of esters is 1. The molecule has 1 unspecified atom stereocenters. The van der Waals surface area contributed by atoms with Gasteiger partial charge in [-0.05, 0) is 31.2 Å². The van der Waals surface area contributed by atoms with E-state index in [9.17, 15) is 4.79 Å². The van der Waals surface area contributed by atoms with Gasteiger partial charge in [-0.25, -0.2) is 0 Å². The van der Waals surface area contributed by atoms with E-state index in [-0.39, 0.29) is 12.1 Å². The van der Waals surface area contributed by atoms with Gasteiger partial charge in [0.25, 0.3) is 0 Å². The molecule has 1 aromatic rings. The summed E-state index contributed by atoms with van der Waals surface area (Å²) in [5.74, 6) is 1.34. The molecule has 1 aliphatic rings. The van der Waals surface area contributed by atoms with Crippen molar-refractivity contribution in [3.8, 4) is 11.5 Å². The minimum atomic E-state index is -0.313. The van der Waals surface area contributed by atoms with E-state index in [4.69, 9.17) is 14.2 Å². The Hall–Kier alpha value is -1.75. The van der Waals surface area contributed by atoms with Gasteiger partial charge < -0.3 is 19.5 Å². The van der Waals surface area contributed by atoms with Crippen LogP contribution < -0.4 is 14.8 Å². The van der Waals surface area contributed by atoms with Gasteiger partial charge in [-0.3, -0.25) is 4.79 Å².